The van der Waals surface area contributed by atoms with E-state index < -0.39 is 17.3 Å². The van der Waals surface area contributed by atoms with Gasteiger partial charge in [0.25, 0.3) is 5.91 Å². The predicted molar refractivity (Wildman–Crippen MR) is 103 cm³/mol. The zero-order chi connectivity index (χ0) is 21.4. The molecule has 8 heteroatoms. The monoisotopic (exact) mass is 409 g/mol. The number of nitrogens with zero attached hydrogens (tertiary/aromatic N) is 2. The minimum atomic E-state index is -4.51. The molecular weight excluding hydrogens is 383 g/mol. The van der Waals surface area contributed by atoms with E-state index in [1.807, 2.05) is 0 Å². The van der Waals surface area contributed by atoms with E-state index in [1.165, 1.54) is 18.2 Å². The molecule has 1 amide bonds. The van der Waals surface area contributed by atoms with Crippen molar-refractivity contribution in [1.82, 2.24) is 15.1 Å². The van der Waals surface area contributed by atoms with E-state index in [1.54, 1.807) is 25.7 Å². The van der Waals surface area contributed by atoms with Crippen LogP contribution in [-0.2, 0) is 6.18 Å². The molecule has 0 atom stereocenters. The van der Waals surface area contributed by atoms with Crippen molar-refractivity contribution in [3.63, 3.8) is 0 Å². The van der Waals surface area contributed by atoms with E-state index in [2.05, 4.69) is 10.2 Å². The van der Waals surface area contributed by atoms with Crippen molar-refractivity contribution in [2.45, 2.75) is 51.8 Å². The van der Waals surface area contributed by atoms with Crippen molar-refractivity contribution in [1.29, 1.82) is 0 Å². The molecular formula is C21H26F3N3O2. The molecule has 1 saturated heterocycles. The maximum Gasteiger partial charge on any atom is 0.417 e. The first kappa shape index (κ1) is 21.4. The second-order valence-corrected chi connectivity index (χ2v) is 8.37. The van der Waals surface area contributed by atoms with Gasteiger partial charge in [-0.05, 0) is 52.0 Å². The van der Waals surface area contributed by atoms with E-state index in [0.29, 0.717) is 31.0 Å². The highest BCUT2D eigenvalue weighted by molar-refractivity contribution is 5.95. The highest BCUT2D eigenvalue weighted by atomic mass is 19.4. The number of carbonyl (C=O) groups is 1. The van der Waals surface area contributed by atoms with Crippen LogP contribution in [0, 0.1) is 12.8 Å². The topological polar surface area (TPSA) is 69.2 Å². The summed E-state index contributed by atoms with van der Waals surface area (Å²) in [6.07, 6.45) is -2.26. The van der Waals surface area contributed by atoms with Crippen LogP contribution < -0.4 is 0 Å². The molecule has 1 aromatic carbocycles. The fourth-order valence-corrected chi connectivity index (χ4v) is 4.01. The van der Waals surface area contributed by atoms with Gasteiger partial charge >= 0.3 is 6.18 Å². The van der Waals surface area contributed by atoms with E-state index in [-0.39, 0.29) is 22.9 Å². The molecule has 1 aromatic heterocycles. The lowest BCUT2D eigenvalue weighted by Crippen LogP contribution is -2.40. The Bertz CT molecular complexity index is 876. The third kappa shape index (κ3) is 4.80. The molecule has 0 unspecified atom stereocenters. The first-order valence-electron chi connectivity index (χ1n) is 9.70. The van der Waals surface area contributed by atoms with Gasteiger partial charge in [-0.3, -0.25) is 9.89 Å². The molecule has 2 aromatic rings. The summed E-state index contributed by atoms with van der Waals surface area (Å²) < 4.78 is 40.0. The molecule has 3 rings (SSSR count). The summed E-state index contributed by atoms with van der Waals surface area (Å²) in [6, 6.07) is 5.23. The molecule has 2 heterocycles. The van der Waals surface area contributed by atoms with E-state index in [4.69, 9.17) is 0 Å². The van der Waals surface area contributed by atoms with Crippen LogP contribution in [0.25, 0.3) is 11.3 Å². The number of carbonyl (C=O) groups excluding carboxylic acids is 1. The van der Waals surface area contributed by atoms with Crippen LogP contribution in [0.2, 0.25) is 0 Å². The number of hydrogen-bond donors (Lipinski definition) is 2. The van der Waals surface area contributed by atoms with Gasteiger partial charge in [0.05, 0.1) is 16.9 Å². The van der Waals surface area contributed by atoms with Crippen molar-refractivity contribution in [2.24, 2.45) is 5.92 Å². The number of alkyl halides is 3. The number of aliphatic hydroxyl groups is 1. The Kier molecular flexibility index (Phi) is 5.76. The predicted octanol–water partition coefficient (Wildman–Crippen LogP) is 4.42. The van der Waals surface area contributed by atoms with Crippen LogP contribution in [-0.4, -0.2) is 44.8 Å². The maximum absolute atomic E-state index is 13.3. The first-order valence-corrected chi connectivity index (χ1v) is 9.70. The summed E-state index contributed by atoms with van der Waals surface area (Å²) in [5.74, 6) is 0.0867. The standard InChI is InChI=1S/C21H26F3N3O2/c1-13-17(15-6-4-5-7-16(15)21(22,23)24)25-26-18(13)19(28)27-10-8-14(9-11-27)12-20(2,3)29/h4-7,14,29H,8-12H2,1-3H3,(H,25,26). The number of nitrogens with one attached hydrogen (secondary N) is 1. The van der Waals surface area contributed by atoms with E-state index in [0.717, 1.165) is 18.9 Å². The quantitative estimate of drug-likeness (QED) is 0.786. The number of rotatable bonds is 4. The lowest BCUT2D eigenvalue weighted by Gasteiger charge is -2.34. The Morgan fingerprint density at radius 1 is 1.24 bits per heavy atom. The van der Waals surface area contributed by atoms with Gasteiger partial charge in [0, 0.05) is 24.2 Å². The number of H-pyrrole nitrogens is 1. The van der Waals surface area contributed by atoms with Crippen LogP contribution >= 0.6 is 0 Å². The number of amides is 1. The number of hydrogen-bond acceptors (Lipinski definition) is 3. The maximum atomic E-state index is 13.3. The van der Waals surface area contributed by atoms with Gasteiger partial charge in [0.1, 0.15) is 5.69 Å². The molecule has 0 bridgehead atoms. The highest BCUT2D eigenvalue weighted by Gasteiger charge is 2.35. The molecule has 1 aliphatic heterocycles. The van der Waals surface area contributed by atoms with Crippen molar-refractivity contribution in [3.05, 3.63) is 41.1 Å². The minimum absolute atomic E-state index is 0.0447. The van der Waals surface area contributed by atoms with Gasteiger partial charge in [-0.2, -0.15) is 18.3 Å². The lowest BCUT2D eigenvalue weighted by atomic mass is 9.86. The van der Waals surface area contributed by atoms with Crippen molar-refractivity contribution < 1.29 is 23.1 Å². The summed E-state index contributed by atoms with van der Waals surface area (Å²) in [4.78, 5) is 14.6. The van der Waals surface area contributed by atoms with Crippen molar-refractivity contribution >= 4 is 5.91 Å². The molecule has 0 radical (unpaired) electrons. The summed E-state index contributed by atoms with van der Waals surface area (Å²) in [7, 11) is 0. The number of benzene rings is 1. The molecule has 0 aliphatic carbocycles. The van der Waals surface area contributed by atoms with Gasteiger partial charge in [-0.1, -0.05) is 18.2 Å². The SMILES string of the molecule is Cc1c(-c2ccccc2C(F)(F)F)n[nH]c1C(=O)N1CCC(CC(C)(C)O)CC1. The summed E-state index contributed by atoms with van der Waals surface area (Å²) in [6.45, 7) is 6.26. The first-order chi connectivity index (χ1) is 13.5. The molecule has 0 spiro atoms. The number of piperidine rings is 1. The molecule has 158 valence electrons. The zero-order valence-corrected chi connectivity index (χ0v) is 16.8. The number of aromatic nitrogens is 2. The molecule has 5 nitrogen and oxygen atoms in total. The fourth-order valence-electron chi connectivity index (χ4n) is 4.01. The molecule has 1 fully saturated rings. The average Bonchev–Trinajstić information content (AvgIpc) is 3.01. The smallest absolute Gasteiger partial charge is 0.390 e. The van der Waals surface area contributed by atoms with Crippen molar-refractivity contribution in [3.8, 4) is 11.3 Å². The van der Waals surface area contributed by atoms with Crippen LogP contribution in [0.4, 0.5) is 13.2 Å². The molecule has 2 N–H and O–H groups in total. The van der Waals surface area contributed by atoms with Crippen LogP contribution in [0.5, 0.6) is 0 Å². The second kappa shape index (κ2) is 7.82. The fraction of sp³-hybridized carbons (Fsp3) is 0.524. The van der Waals surface area contributed by atoms with Crippen molar-refractivity contribution in [2.75, 3.05) is 13.1 Å². The van der Waals surface area contributed by atoms with E-state index >= 15 is 0 Å². The number of halogens is 3. The third-order valence-electron chi connectivity index (χ3n) is 5.40. The molecule has 0 saturated carbocycles. The van der Waals surface area contributed by atoms with Gasteiger partial charge in [-0.25, -0.2) is 0 Å². The van der Waals surface area contributed by atoms with Gasteiger partial charge in [0.15, 0.2) is 0 Å². The number of aromatic amines is 1. The number of likely N-dealkylation sites (tertiary alicyclic amines) is 1. The largest absolute Gasteiger partial charge is 0.417 e. The Balaban J connectivity index is 1.78. The van der Waals surface area contributed by atoms with Crippen LogP contribution in [0.1, 0.15) is 54.7 Å². The Hall–Kier alpha value is -2.35. The Morgan fingerprint density at radius 3 is 2.45 bits per heavy atom. The van der Waals surface area contributed by atoms with Gasteiger partial charge < -0.3 is 10.0 Å². The summed E-state index contributed by atoms with van der Waals surface area (Å²) in [5.41, 5.74) is -0.795. The lowest BCUT2D eigenvalue weighted by molar-refractivity contribution is -0.137. The summed E-state index contributed by atoms with van der Waals surface area (Å²) in [5, 5.41) is 16.7. The Labute approximate surface area is 167 Å². The minimum Gasteiger partial charge on any atom is -0.390 e. The highest BCUT2D eigenvalue weighted by Crippen LogP contribution is 2.38. The zero-order valence-electron chi connectivity index (χ0n) is 16.8. The Morgan fingerprint density at radius 2 is 1.86 bits per heavy atom. The second-order valence-electron chi connectivity index (χ2n) is 8.37. The normalized spacial score (nSPS) is 16.3. The van der Waals surface area contributed by atoms with E-state index in [9.17, 15) is 23.1 Å². The van der Waals surface area contributed by atoms with Gasteiger partial charge in [0.2, 0.25) is 0 Å². The molecule has 1 aliphatic rings. The summed E-state index contributed by atoms with van der Waals surface area (Å²) >= 11 is 0. The van der Waals surface area contributed by atoms with Crippen LogP contribution in [0.15, 0.2) is 24.3 Å². The third-order valence-corrected chi connectivity index (χ3v) is 5.40. The van der Waals surface area contributed by atoms with Crippen LogP contribution in [0.3, 0.4) is 0 Å². The van der Waals surface area contributed by atoms with Gasteiger partial charge in [-0.15, -0.1) is 0 Å². The average molecular weight is 409 g/mol. The molecule has 29 heavy (non-hydrogen) atoms.